The summed E-state index contributed by atoms with van der Waals surface area (Å²) in [5.74, 6) is 5.56. The fourth-order valence-corrected chi connectivity index (χ4v) is 2.32. The second-order valence-electron chi connectivity index (χ2n) is 4.11. The maximum Gasteiger partial charge on any atom is 0.145 e. The molecular weight excluding hydrogens is 300 g/mol. The third-order valence-corrected chi connectivity index (χ3v) is 3.59. The van der Waals surface area contributed by atoms with Crippen LogP contribution in [0.2, 0.25) is 5.02 Å². The van der Waals surface area contributed by atoms with Crippen molar-refractivity contribution in [1.82, 2.24) is 0 Å². The van der Waals surface area contributed by atoms with Gasteiger partial charge in [0.1, 0.15) is 12.7 Å². The van der Waals surface area contributed by atoms with E-state index in [4.69, 9.17) is 22.8 Å². The van der Waals surface area contributed by atoms with Crippen LogP contribution in [0.25, 0.3) is 0 Å². The normalized spacial score (nSPS) is 11.0. The monoisotopic (exact) mass is 312 g/mol. The van der Waals surface area contributed by atoms with Crippen molar-refractivity contribution in [3.05, 3.63) is 65.2 Å². The van der Waals surface area contributed by atoms with Crippen molar-refractivity contribution in [2.75, 3.05) is 6.61 Å². The molecule has 0 aliphatic heterocycles. The average molecular weight is 313 g/mol. The zero-order valence-corrected chi connectivity index (χ0v) is 12.8. The van der Waals surface area contributed by atoms with Crippen molar-refractivity contribution < 1.29 is 4.74 Å². The molecule has 0 saturated heterocycles. The van der Waals surface area contributed by atoms with Gasteiger partial charge in [-0.15, -0.1) is 6.42 Å². The van der Waals surface area contributed by atoms with Crippen LogP contribution in [0.4, 0.5) is 0 Å². The minimum atomic E-state index is -0.352. The first-order chi connectivity index (χ1) is 10.3. The molecule has 0 saturated carbocycles. The summed E-state index contributed by atoms with van der Waals surface area (Å²) in [6.07, 6.45) is 4.90. The van der Waals surface area contributed by atoms with E-state index >= 15 is 0 Å². The molecule has 1 unspecified atom stereocenters. The number of rotatable bonds is 4. The third-order valence-electron chi connectivity index (χ3n) is 2.61. The average Bonchev–Trinajstić information content (AvgIpc) is 2.53. The Bertz CT molecular complexity index is 662. The Morgan fingerprint density at radius 1 is 1.10 bits per heavy atom. The molecule has 0 fully saturated rings. The molecule has 2 aromatic carbocycles. The van der Waals surface area contributed by atoms with E-state index < -0.39 is 0 Å². The molecule has 0 aliphatic rings. The Labute approximate surface area is 134 Å². The van der Waals surface area contributed by atoms with Gasteiger partial charge in [-0.3, -0.25) is 0 Å². The first-order valence-corrected chi connectivity index (χ1v) is 7.52. The first-order valence-electron chi connectivity index (χ1n) is 6.32. The Kier molecular flexibility index (Phi) is 6.25. The second-order valence-corrected chi connectivity index (χ2v) is 5.42. The molecule has 21 heavy (non-hydrogen) atoms. The number of ether oxygens (including phenoxy) is 1. The van der Waals surface area contributed by atoms with Crippen LogP contribution in [0, 0.1) is 23.5 Å². The Balaban J connectivity index is 2.10. The van der Waals surface area contributed by atoms with E-state index in [-0.39, 0.29) is 12.7 Å². The second kappa shape index (κ2) is 8.45. The predicted octanol–water partition coefficient (Wildman–Crippen LogP) is 4.78. The summed E-state index contributed by atoms with van der Waals surface area (Å²) in [5.41, 5.74) is 0.941. The number of terminal acetylenes is 1. The molecular formula is C18H13ClOS. The number of hydrogen-bond donors (Lipinski definition) is 0. The van der Waals surface area contributed by atoms with Crippen LogP contribution < -0.4 is 0 Å². The summed E-state index contributed by atoms with van der Waals surface area (Å²) in [6, 6.07) is 17.4. The summed E-state index contributed by atoms with van der Waals surface area (Å²) in [4.78, 5) is 1.09. The number of benzene rings is 2. The van der Waals surface area contributed by atoms with E-state index in [1.807, 2.05) is 54.6 Å². The lowest BCUT2D eigenvalue weighted by molar-refractivity contribution is 0.121. The van der Waals surface area contributed by atoms with Gasteiger partial charge in [0.15, 0.2) is 0 Å². The lowest BCUT2D eigenvalue weighted by Crippen LogP contribution is -2.02. The molecule has 0 aromatic heterocycles. The maximum atomic E-state index is 5.89. The van der Waals surface area contributed by atoms with Gasteiger partial charge in [-0.05, 0) is 46.8 Å². The minimum absolute atomic E-state index is 0.220. The van der Waals surface area contributed by atoms with E-state index in [2.05, 4.69) is 17.1 Å². The number of halogens is 1. The smallest absolute Gasteiger partial charge is 0.145 e. The van der Waals surface area contributed by atoms with Gasteiger partial charge in [-0.2, -0.15) is 0 Å². The quantitative estimate of drug-likeness (QED) is 0.593. The van der Waals surface area contributed by atoms with Crippen LogP contribution in [0.3, 0.4) is 0 Å². The molecule has 1 nitrogen and oxygen atoms in total. The van der Waals surface area contributed by atoms with E-state index in [1.165, 1.54) is 11.8 Å². The molecule has 1 atom stereocenters. The Hall–Kier alpha value is -1.84. The van der Waals surface area contributed by atoms with Crippen molar-refractivity contribution >= 4 is 23.4 Å². The van der Waals surface area contributed by atoms with Crippen LogP contribution in [0.5, 0.6) is 0 Å². The van der Waals surface area contributed by atoms with Crippen LogP contribution in [-0.4, -0.2) is 6.61 Å². The van der Waals surface area contributed by atoms with Crippen LogP contribution >= 0.6 is 23.4 Å². The fraction of sp³-hybridized carbons (Fsp3) is 0.111. The Morgan fingerprint density at radius 2 is 1.81 bits per heavy atom. The maximum absolute atomic E-state index is 5.89. The molecule has 3 heteroatoms. The molecule has 0 aliphatic carbocycles. The van der Waals surface area contributed by atoms with Crippen molar-refractivity contribution in [3.63, 3.8) is 0 Å². The third kappa shape index (κ3) is 5.21. The van der Waals surface area contributed by atoms with Crippen LogP contribution in [0.15, 0.2) is 59.5 Å². The first kappa shape index (κ1) is 15.5. The highest BCUT2D eigenvalue weighted by atomic mass is 35.5. The van der Waals surface area contributed by atoms with E-state index in [0.29, 0.717) is 5.02 Å². The molecule has 2 rings (SSSR count). The van der Waals surface area contributed by atoms with Gasteiger partial charge in [0.05, 0.1) is 0 Å². The van der Waals surface area contributed by atoms with E-state index in [0.717, 1.165) is 10.5 Å². The topological polar surface area (TPSA) is 9.23 Å². The van der Waals surface area contributed by atoms with Gasteiger partial charge in [-0.1, -0.05) is 53.8 Å². The van der Waals surface area contributed by atoms with Gasteiger partial charge in [0, 0.05) is 9.92 Å². The van der Waals surface area contributed by atoms with Gasteiger partial charge >= 0.3 is 0 Å². The van der Waals surface area contributed by atoms with Gasteiger partial charge in [0.25, 0.3) is 0 Å². The lowest BCUT2D eigenvalue weighted by atomic mass is 10.1. The zero-order chi connectivity index (χ0) is 14.9. The molecule has 0 amide bonds. The summed E-state index contributed by atoms with van der Waals surface area (Å²) in [6.45, 7) is 0.220. The lowest BCUT2D eigenvalue weighted by Gasteiger charge is -2.10. The molecule has 0 bridgehead atoms. The summed E-state index contributed by atoms with van der Waals surface area (Å²) < 4.78 is 5.59. The van der Waals surface area contributed by atoms with Crippen LogP contribution in [0.1, 0.15) is 11.7 Å². The highest BCUT2D eigenvalue weighted by Gasteiger charge is 2.08. The highest BCUT2D eigenvalue weighted by Crippen LogP contribution is 2.21. The standard InChI is InChI=1S/C18H13ClOS/c1-2-13-20-18(15-8-10-16(19)11-9-15)12-14-21-17-6-4-3-5-7-17/h1,3-11,18H,13H2. The number of hydrogen-bond acceptors (Lipinski definition) is 2. The van der Waals surface area contributed by atoms with Crippen molar-refractivity contribution in [3.8, 4) is 23.5 Å². The summed E-state index contributed by atoms with van der Waals surface area (Å²) in [7, 11) is 0. The number of thioether (sulfide) groups is 1. The van der Waals surface area contributed by atoms with Crippen molar-refractivity contribution in [2.45, 2.75) is 11.0 Å². The van der Waals surface area contributed by atoms with Crippen molar-refractivity contribution in [2.24, 2.45) is 0 Å². The largest absolute Gasteiger partial charge is 0.348 e. The summed E-state index contributed by atoms with van der Waals surface area (Å²) >= 11 is 7.35. The molecule has 2 aromatic rings. The summed E-state index contributed by atoms with van der Waals surface area (Å²) in [5, 5.41) is 3.75. The van der Waals surface area contributed by atoms with Gasteiger partial charge in [0.2, 0.25) is 0 Å². The SMILES string of the molecule is C#CCOC(C#CSc1ccccc1)c1ccc(Cl)cc1. The highest BCUT2D eigenvalue weighted by molar-refractivity contribution is 8.03. The minimum Gasteiger partial charge on any atom is -0.348 e. The molecule has 0 heterocycles. The molecule has 0 spiro atoms. The fourth-order valence-electron chi connectivity index (χ4n) is 1.62. The Morgan fingerprint density at radius 3 is 2.48 bits per heavy atom. The molecule has 104 valence electrons. The van der Waals surface area contributed by atoms with Crippen LogP contribution in [-0.2, 0) is 4.74 Å². The van der Waals surface area contributed by atoms with Crippen molar-refractivity contribution in [1.29, 1.82) is 0 Å². The predicted molar refractivity (Wildman–Crippen MR) is 89.1 cm³/mol. The zero-order valence-electron chi connectivity index (χ0n) is 11.3. The molecule has 0 N–H and O–H groups in total. The van der Waals surface area contributed by atoms with E-state index in [9.17, 15) is 0 Å². The van der Waals surface area contributed by atoms with Gasteiger partial charge < -0.3 is 4.74 Å². The molecule has 0 radical (unpaired) electrons. The van der Waals surface area contributed by atoms with E-state index in [1.54, 1.807) is 0 Å². The van der Waals surface area contributed by atoms with Gasteiger partial charge in [-0.25, -0.2) is 0 Å².